The number of rotatable bonds is 2. The largest absolute Gasteiger partial charge is 2.00 e. The molecule has 0 aromatic heterocycles. The van der Waals surface area contributed by atoms with Crippen molar-refractivity contribution in [2.45, 2.75) is 0 Å². The summed E-state index contributed by atoms with van der Waals surface area (Å²) in [6.45, 7) is 0. The van der Waals surface area contributed by atoms with Crippen LogP contribution in [0.3, 0.4) is 0 Å². The summed E-state index contributed by atoms with van der Waals surface area (Å²) in [5, 5.41) is 20.5. The third-order valence-corrected chi connectivity index (χ3v) is 1.33. The Bertz CT molecular complexity index is 327. The SMILES string of the molecule is C[SH+]C.O=C([O-])c1cccc(C(=O)[O-])c1.[Mg+2].[OH-]. The Labute approximate surface area is 120 Å². The van der Waals surface area contributed by atoms with Gasteiger partial charge in [-0.25, -0.2) is 0 Å². The molecule has 0 aliphatic rings. The minimum Gasteiger partial charge on any atom is -0.870 e. The molecule has 5 nitrogen and oxygen atoms in total. The Kier molecular flexibility index (Phi) is 14.8. The molecule has 0 radical (unpaired) electrons. The average Bonchev–Trinajstić information content (AvgIpc) is 2.19. The summed E-state index contributed by atoms with van der Waals surface area (Å²) < 4.78 is 0. The average molecular weight is 269 g/mol. The van der Waals surface area contributed by atoms with E-state index in [9.17, 15) is 19.8 Å². The van der Waals surface area contributed by atoms with Gasteiger partial charge in [0.1, 0.15) is 0 Å². The van der Waals surface area contributed by atoms with E-state index in [1.807, 2.05) is 0 Å². The predicted molar refractivity (Wildman–Crippen MR) is 63.4 cm³/mol. The van der Waals surface area contributed by atoms with E-state index in [0.717, 1.165) is 6.07 Å². The van der Waals surface area contributed by atoms with Crippen LogP contribution in [0.5, 0.6) is 0 Å². The van der Waals surface area contributed by atoms with Gasteiger partial charge in [0.25, 0.3) is 0 Å². The summed E-state index contributed by atoms with van der Waals surface area (Å²) in [6.07, 6.45) is 4.19. The van der Waals surface area contributed by atoms with Crippen LogP contribution in [-0.4, -0.2) is 53.0 Å². The number of thiol groups is 1. The molecule has 0 unspecified atom stereocenters. The second-order valence-corrected chi connectivity index (χ2v) is 3.50. The van der Waals surface area contributed by atoms with E-state index in [2.05, 4.69) is 12.5 Å². The minimum absolute atomic E-state index is 0. The van der Waals surface area contributed by atoms with Crippen molar-refractivity contribution in [2.24, 2.45) is 0 Å². The van der Waals surface area contributed by atoms with Crippen LogP contribution >= 0.6 is 0 Å². The molecule has 0 saturated carbocycles. The number of hydrogen-bond acceptors (Lipinski definition) is 5. The Morgan fingerprint density at radius 1 is 1.06 bits per heavy atom. The fourth-order valence-corrected chi connectivity index (χ4v) is 0.773. The zero-order valence-electron chi connectivity index (χ0n) is 9.54. The second kappa shape index (κ2) is 11.7. The van der Waals surface area contributed by atoms with Gasteiger partial charge in [-0.3, -0.25) is 0 Å². The minimum atomic E-state index is -1.40. The van der Waals surface area contributed by atoms with Crippen LogP contribution in [0.4, 0.5) is 0 Å². The van der Waals surface area contributed by atoms with Gasteiger partial charge in [-0.15, -0.1) is 0 Å². The number of carboxylic acid groups (broad SMARTS) is 2. The summed E-state index contributed by atoms with van der Waals surface area (Å²) in [5.41, 5.74) is -0.339. The molecule has 0 fully saturated rings. The number of hydrogen-bond donors (Lipinski definition) is 0. The Morgan fingerprint density at radius 2 is 1.35 bits per heavy atom. The van der Waals surface area contributed by atoms with Crippen molar-refractivity contribution in [3.8, 4) is 0 Å². The molecule has 1 N–H and O–H groups in total. The van der Waals surface area contributed by atoms with Gasteiger partial charge in [-0.2, -0.15) is 0 Å². The molecule has 17 heavy (non-hydrogen) atoms. The summed E-state index contributed by atoms with van der Waals surface area (Å²) in [6, 6.07) is 4.81. The number of carbonyl (C=O) groups excluding carboxylic acids is 2. The van der Waals surface area contributed by atoms with Crippen molar-refractivity contribution < 1.29 is 25.3 Å². The normalized spacial score (nSPS) is 7.65. The summed E-state index contributed by atoms with van der Waals surface area (Å²) >= 11 is 1.42. The van der Waals surface area contributed by atoms with Crippen molar-refractivity contribution in [2.75, 3.05) is 12.5 Å². The number of carboxylic acids is 2. The van der Waals surface area contributed by atoms with E-state index >= 15 is 0 Å². The van der Waals surface area contributed by atoms with Crippen molar-refractivity contribution in [3.63, 3.8) is 0 Å². The van der Waals surface area contributed by atoms with E-state index in [1.165, 1.54) is 30.0 Å². The van der Waals surface area contributed by atoms with Gasteiger partial charge in [0.05, 0.1) is 24.5 Å². The molecule has 0 spiro atoms. The fourth-order valence-electron chi connectivity index (χ4n) is 0.773. The van der Waals surface area contributed by atoms with Crippen LogP contribution < -0.4 is 10.2 Å². The Hall–Kier alpha value is -0.764. The van der Waals surface area contributed by atoms with Crippen LogP contribution in [0.2, 0.25) is 0 Å². The summed E-state index contributed by atoms with van der Waals surface area (Å²) in [4.78, 5) is 20.5. The van der Waals surface area contributed by atoms with Gasteiger partial charge in [0.2, 0.25) is 0 Å². The molecule has 1 rings (SSSR count). The van der Waals surface area contributed by atoms with E-state index < -0.39 is 11.9 Å². The molecule has 0 aliphatic carbocycles. The standard InChI is InChI=1S/C8H6O4.C2H6S.Mg.H2O/c9-7(10)5-2-1-3-6(4-5)8(11)12;1-3-2;;/h1-4H,(H,9,10)(H,11,12);1-2H3;;1H2/q;;+2;/p-2. The maximum Gasteiger partial charge on any atom is 2.00 e. The van der Waals surface area contributed by atoms with Crippen molar-refractivity contribution in [1.29, 1.82) is 0 Å². The quantitative estimate of drug-likeness (QED) is 0.347. The molecule has 1 aromatic rings. The van der Waals surface area contributed by atoms with Gasteiger partial charge in [0.15, 0.2) is 0 Å². The molecule has 0 amide bonds. The van der Waals surface area contributed by atoms with Crippen LogP contribution in [0.15, 0.2) is 24.3 Å². The predicted octanol–water partition coefficient (Wildman–Crippen LogP) is -2.08. The Balaban J connectivity index is -0.000000356. The first-order valence-electron chi connectivity index (χ1n) is 4.03. The number of carbonyl (C=O) groups is 2. The van der Waals surface area contributed by atoms with Crippen LogP contribution in [0.1, 0.15) is 20.7 Å². The maximum atomic E-state index is 10.3. The summed E-state index contributed by atoms with van der Waals surface area (Å²) in [7, 11) is 0. The zero-order valence-corrected chi connectivity index (χ0v) is 11.9. The van der Waals surface area contributed by atoms with E-state index in [0.29, 0.717) is 0 Å². The van der Waals surface area contributed by atoms with Crippen molar-refractivity contribution in [1.82, 2.24) is 0 Å². The zero-order chi connectivity index (χ0) is 11.8. The topological polar surface area (TPSA) is 110 Å². The first kappa shape index (κ1) is 21.5. The molecular formula is C10H12MgO5S. The van der Waals surface area contributed by atoms with Crippen molar-refractivity contribution >= 4 is 46.8 Å². The molecule has 0 saturated heterocycles. The number of aromatic carboxylic acids is 2. The van der Waals surface area contributed by atoms with Gasteiger partial charge in [-0.1, -0.05) is 18.2 Å². The molecule has 0 atom stereocenters. The Morgan fingerprint density at radius 3 is 1.59 bits per heavy atom. The van der Waals surface area contributed by atoms with E-state index in [1.54, 1.807) is 0 Å². The third kappa shape index (κ3) is 8.99. The van der Waals surface area contributed by atoms with Gasteiger partial charge in [0, 0.05) is 0 Å². The monoisotopic (exact) mass is 268 g/mol. The van der Waals surface area contributed by atoms with Crippen LogP contribution in [0, 0.1) is 0 Å². The molecule has 0 heterocycles. The third-order valence-electron chi connectivity index (χ3n) is 1.33. The van der Waals surface area contributed by atoms with Gasteiger partial charge < -0.3 is 25.3 Å². The molecule has 90 valence electrons. The smallest absolute Gasteiger partial charge is 0.870 e. The van der Waals surface area contributed by atoms with Crippen molar-refractivity contribution in [3.05, 3.63) is 35.4 Å². The van der Waals surface area contributed by atoms with Gasteiger partial charge >= 0.3 is 23.1 Å². The molecule has 0 bridgehead atoms. The van der Waals surface area contributed by atoms with Crippen LogP contribution in [0.25, 0.3) is 0 Å². The molecular weight excluding hydrogens is 256 g/mol. The van der Waals surface area contributed by atoms with E-state index in [4.69, 9.17) is 0 Å². The first-order valence-corrected chi connectivity index (χ1v) is 5.82. The first-order chi connectivity index (χ1) is 7.02. The van der Waals surface area contributed by atoms with Crippen LogP contribution in [-0.2, 0) is 11.8 Å². The molecule has 0 aliphatic heterocycles. The second-order valence-electron chi connectivity index (χ2n) is 2.60. The molecule has 7 heteroatoms. The fraction of sp³-hybridized carbons (Fsp3) is 0.200. The number of benzene rings is 1. The van der Waals surface area contributed by atoms with Gasteiger partial charge in [-0.05, 0) is 29.0 Å². The summed E-state index contributed by atoms with van der Waals surface area (Å²) in [5.74, 6) is -2.81. The molecule has 1 aromatic carbocycles. The maximum absolute atomic E-state index is 10.3. The van der Waals surface area contributed by atoms with E-state index in [-0.39, 0.29) is 39.7 Å².